The molecular weight excluding hydrogens is 252 g/mol. The van der Waals surface area contributed by atoms with E-state index >= 15 is 0 Å². The van der Waals surface area contributed by atoms with Crippen LogP contribution in [-0.2, 0) is 9.53 Å². The maximum absolute atomic E-state index is 11.9. The van der Waals surface area contributed by atoms with Crippen LogP contribution in [0, 0.1) is 0 Å². The number of benzene rings is 1. The third-order valence-corrected chi connectivity index (χ3v) is 3.68. The molecule has 1 heterocycles. The van der Waals surface area contributed by atoms with Crippen molar-refractivity contribution < 1.29 is 9.53 Å². The number of carbonyl (C=O) groups excluding carboxylic acids is 1. The van der Waals surface area contributed by atoms with Gasteiger partial charge in [-0.05, 0) is 24.0 Å². The molecule has 1 aliphatic heterocycles. The number of rotatable bonds is 6. The van der Waals surface area contributed by atoms with E-state index in [1.54, 1.807) is 0 Å². The van der Waals surface area contributed by atoms with Crippen LogP contribution in [0.15, 0.2) is 24.3 Å². The Hall–Kier alpha value is -1.39. The Balaban J connectivity index is 2.07. The molecule has 1 amide bonds. The molecule has 0 saturated carbocycles. The molecular formula is C16H24N2O2. The Morgan fingerprint density at radius 2 is 2.05 bits per heavy atom. The van der Waals surface area contributed by atoms with Gasteiger partial charge in [-0.1, -0.05) is 38.1 Å². The Labute approximate surface area is 121 Å². The summed E-state index contributed by atoms with van der Waals surface area (Å²) in [7, 11) is 0. The zero-order chi connectivity index (χ0) is 14.5. The van der Waals surface area contributed by atoms with Gasteiger partial charge in [0.15, 0.2) is 0 Å². The molecule has 110 valence electrons. The van der Waals surface area contributed by atoms with Crippen LogP contribution >= 0.6 is 0 Å². The van der Waals surface area contributed by atoms with Gasteiger partial charge in [0, 0.05) is 13.2 Å². The van der Waals surface area contributed by atoms with E-state index in [1.165, 1.54) is 5.56 Å². The Morgan fingerprint density at radius 3 is 2.65 bits per heavy atom. The molecule has 4 heteroatoms. The average molecular weight is 276 g/mol. The van der Waals surface area contributed by atoms with E-state index in [9.17, 15) is 4.79 Å². The number of ether oxygens (including phenoxy) is 1. The third-order valence-electron chi connectivity index (χ3n) is 3.68. The summed E-state index contributed by atoms with van der Waals surface area (Å²) in [5.74, 6) is 0.666. The van der Waals surface area contributed by atoms with Crippen molar-refractivity contribution in [2.75, 3.05) is 26.3 Å². The van der Waals surface area contributed by atoms with E-state index in [1.807, 2.05) is 11.8 Å². The standard InChI is InChI=1S/C16H24N2O2/c1-4-20-10-9-18-15(19)11-17-16(18)14-7-5-13(6-8-14)12(2)3/h5-8,12,16-17H,4,9-11H2,1-3H3. The van der Waals surface area contributed by atoms with Gasteiger partial charge in [0.1, 0.15) is 6.17 Å². The molecule has 1 unspecified atom stereocenters. The van der Waals surface area contributed by atoms with Crippen molar-refractivity contribution in [1.29, 1.82) is 0 Å². The fourth-order valence-electron chi connectivity index (χ4n) is 2.46. The molecule has 1 aliphatic rings. The van der Waals surface area contributed by atoms with Crippen molar-refractivity contribution in [3.8, 4) is 0 Å². The lowest BCUT2D eigenvalue weighted by Crippen LogP contribution is -2.33. The van der Waals surface area contributed by atoms with Crippen molar-refractivity contribution in [1.82, 2.24) is 10.2 Å². The van der Waals surface area contributed by atoms with Gasteiger partial charge < -0.3 is 9.64 Å². The van der Waals surface area contributed by atoms with Crippen LogP contribution < -0.4 is 5.32 Å². The molecule has 1 N–H and O–H groups in total. The highest BCUT2D eigenvalue weighted by Gasteiger charge is 2.30. The monoisotopic (exact) mass is 276 g/mol. The van der Waals surface area contributed by atoms with Gasteiger partial charge in [0.05, 0.1) is 13.2 Å². The molecule has 1 aromatic rings. The van der Waals surface area contributed by atoms with E-state index in [4.69, 9.17) is 4.74 Å². The van der Waals surface area contributed by atoms with Crippen LogP contribution in [-0.4, -0.2) is 37.1 Å². The number of carbonyl (C=O) groups is 1. The predicted molar refractivity (Wildman–Crippen MR) is 79.5 cm³/mol. The zero-order valence-corrected chi connectivity index (χ0v) is 12.6. The SMILES string of the molecule is CCOCCN1C(=O)CNC1c1ccc(C(C)C)cc1. The number of nitrogens with zero attached hydrogens (tertiary/aromatic N) is 1. The van der Waals surface area contributed by atoms with Crippen molar-refractivity contribution >= 4 is 5.91 Å². The molecule has 4 nitrogen and oxygen atoms in total. The molecule has 1 fully saturated rings. The smallest absolute Gasteiger partial charge is 0.238 e. The van der Waals surface area contributed by atoms with Crippen molar-refractivity contribution in [2.45, 2.75) is 32.9 Å². The first-order chi connectivity index (χ1) is 9.63. The molecule has 20 heavy (non-hydrogen) atoms. The van der Waals surface area contributed by atoms with Crippen LogP contribution in [0.3, 0.4) is 0 Å². The highest BCUT2D eigenvalue weighted by atomic mass is 16.5. The zero-order valence-electron chi connectivity index (χ0n) is 12.6. The minimum absolute atomic E-state index is 0.0239. The molecule has 1 aromatic carbocycles. The van der Waals surface area contributed by atoms with Gasteiger partial charge in [0.25, 0.3) is 0 Å². The Kier molecular flexibility index (Phi) is 5.15. The maximum Gasteiger partial charge on any atom is 0.238 e. The van der Waals surface area contributed by atoms with Gasteiger partial charge in [-0.2, -0.15) is 0 Å². The molecule has 2 rings (SSSR count). The summed E-state index contributed by atoms with van der Waals surface area (Å²) in [6, 6.07) is 8.51. The number of amides is 1. The second-order valence-corrected chi connectivity index (χ2v) is 5.39. The largest absolute Gasteiger partial charge is 0.380 e. The molecule has 0 bridgehead atoms. The molecule has 1 saturated heterocycles. The molecule has 0 aromatic heterocycles. The van der Waals surface area contributed by atoms with Gasteiger partial charge in [-0.15, -0.1) is 0 Å². The van der Waals surface area contributed by atoms with Crippen LogP contribution in [0.5, 0.6) is 0 Å². The van der Waals surface area contributed by atoms with E-state index in [0.717, 1.165) is 5.56 Å². The first-order valence-corrected chi connectivity index (χ1v) is 7.34. The number of hydrogen-bond donors (Lipinski definition) is 1. The second kappa shape index (κ2) is 6.86. The van der Waals surface area contributed by atoms with Crippen LogP contribution in [0.4, 0.5) is 0 Å². The summed E-state index contributed by atoms with van der Waals surface area (Å²) in [4.78, 5) is 13.8. The minimum Gasteiger partial charge on any atom is -0.380 e. The fourth-order valence-corrected chi connectivity index (χ4v) is 2.46. The van der Waals surface area contributed by atoms with E-state index in [0.29, 0.717) is 32.2 Å². The summed E-state index contributed by atoms with van der Waals surface area (Å²) in [6.07, 6.45) is -0.0239. The highest BCUT2D eigenvalue weighted by molar-refractivity contribution is 5.80. The summed E-state index contributed by atoms with van der Waals surface area (Å²) in [5, 5.41) is 3.27. The van der Waals surface area contributed by atoms with Crippen molar-refractivity contribution in [3.63, 3.8) is 0 Å². The van der Waals surface area contributed by atoms with E-state index in [-0.39, 0.29) is 12.1 Å². The van der Waals surface area contributed by atoms with Crippen molar-refractivity contribution in [3.05, 3.63) is 35.4 Å². The normalized spacial score (nSPS) is 19.1. The van der Waals surface area contributed by atoms with Gasteiger partial charge >= 0.3 is 0 Å². The van der Waals surface area contributed by atoms with E-state index < -0.39 is 0 Å². The predicted octanol–water partition coefficient (Wildman–Crippen LogP) is 2.28. The molecule has 0 radical (unpaired) electrons. The van der Waals surface area contributed by atoms with Crippen LogP contribution in [0.25, 0.3) is 0 Å². The second-order valence-electron chi connectivity index (χ2n) is 5.39. The fraction of sp³-hybridized carbons (Fsp3) is 0.562. The van der Waals surface area contributed by atoms with Gasteiger partial charge in [0.2, 0.25) is 5.91 Å². The lowest BCUT2D eigenvalue weighted by atomic mass is 10.0. The molecule has 0 spiro atoms. The number of hydrogen-bond acceptors (Lipinski definition) is 3. The quantitative estimate of drug-likeness (QED) is 0.810. The lowest BCUT2D eigenvalue weighted by molar-refractivity contribution is -0.128. The van der Waals surface area contributed by atoms with E-state index in [2.05, 4.69) is 43.4 Å². The Bertz CT molecular complexity index is 442. The van der Waals surface area contributed by atoms with Gasteiger partial charge in [-0.25, -0.2) is 0 Å². The third kappa shape index (κ3) is 3.38. The molecule has 1 atom stereocenters. The number of nitrogens with one attached hydrogen (secondary N) is 1. The summed E-state index contributed by atoms with van der Waals surface area (Å²) >= 11 is 0. The average Bonchev–Trinajstić information content (AvgIpc) is 2.81. The summed E-state index contributed by atoms with van der Waals surface area (Å²) < 4.78 is 5.36. The lowest BCUT2D eigenvalue weighted by Gasteiger charge is -2.24. The summed E-state index contributed by atoms with van der Waals surface area (Å²) in [5.41, 5.74) is 2.45. The molecule has 0 aliphatic carbocycles. The summed E-state index contributed by atoms with van der Waals surface area (Å²) in [6.45, 7) is 8.64. The topological polar surface area (TPSA) is 41.6 Å². The Morgan fingerprint density at radius 1 is 1.35 bits per heavy atom. The first kappa shape index (κ1) is 15.0. The van der Waals surface area contributed by atoms with Crippen molar-refractivity contribution in [2.24, 2.45) is 0 Å². The highest BCUT2D eigenvalue weighted by Crippen LogP contribution is 2.24. The van der Waals surface area contributed by atoms with Crippen LogP contribution in [0.1, 0.15) is 44.0 Å². The maximum atomic E-state index is 11.9. The first-order valence-electron chi connectivity index (χ1n) is 7.34. The van der Waals surface area contributed by atoms with Gasteiger partial charge in [-0.3, -0.25) is 10.1 Å². The van der Waals surface area contributed by atoms with Crippen LogP contribution in [0.2, 0.25) is 0 Å². The minimum atomic E-state index is -0.0239.